The van der Waals surface area contributed by atoms with Crippen molar-refractivity contribution in [3.05, 3.63) is 191 Å². The van der Waals surface area contributed by atoms with E-state index in [-0.39, 0.29) is 11.4 Å². The molecule has 5 aromatic rings. The molecular weight excluding hydrogens is 591 g/mol. The zero-order valence-electron chi connectivity index (χ0n) is 25.4. The molecule has 0 spiro atoms. The summed E-state index contributed by atoms with van der Waals surface area (Å²) >= 11 is 0. The third-order valence-electron chi connectivity index (χ3n) is 8.88. The minimum Gasteiger partial charge on any atom is -0.444 e. The molecule has 0 N–H and O–H groups in total. The van der Waals surface area contributed by atoms with Gasteiger partial charge in [0, 0.05) is 17.7 Å². The van der Waals surface area contributed by atoms with E-state index in [1.807, 2.05) is 122 Å². The minimum absolute atomic E-state index is 0.103. The average molecular weight is 624 g/mol. The van der Waals surface area contributed by atoms with Gasteiger partial charge in [-0.05, 0) is 59.9 Å². The molecular formula is C40H33NO4S. The Morgan fingerprint density at radius 2 is 1.39 bits per heavy atom. The fraction of sp³-hybridized carbons (Fsp3) is 0.125. The number of aryl methyl sites for hydroxylation is 1. The largest absolute Gasteiger partial charge is 0.444 e. The summed E-state index contributed by atoms with van der Waals surface area (Å²) in [7, 11) is -4.07. The molecule has 0 amide bonds. The quantitative estimate of drug-likeness (QED) is 0.174. The van der Waals surface area contributed by atoms with Crippen LogP contribution in [-0.4, -0.2) is 31.3 Å². The number of fused-ring (bicyclic) bond motifs is 3. The fourth-order valence-corrected chi connectivity index (χ4v) is 8.33. The van der Waals surface area contributed by atoms with E-state index >= 15 is 0 Å². The number of sulfonamides is 1. The second kappa shape index (κ2) is 12.0. The number of benzene rings is 5. The third kappa shape index (κ3) is 5.10. The lowest BCUT2D eigenvalue weighted by atomic mass is 9.80. The van der Waals surface area contributed by atoms with Gasteiger partial charge in [-0.25, -0.2) is 13.2 Å². The highest BCUT2D eigenvalue weighted by Gasteiger charge is 2.57. The second-order valence-electron chi connectivity index (χ2n) is 11.7. The van der Waals surface area contributed by atoms with E-state index in [0.717, 1.165) is 39.0 Å². The van der Waals surface area contributed by atoms with Gasteiger partial charge in [0.2, 0.25) is 10.0 Å². The van der Waals surface area contributed by atoms with E-state index < -0.39 is 27.6 Å². The van der Waals surface area contributed by atoms with Crippen molar-refractivity contribution < 1.29 is 17.9 Å². The first-order valence-electron chi connectivity index (χ1n) is 15.4. The van der Waals surface area contributed by atoms with Crippen LogP contribution < -0.4 is 0 Å². The molecule has 0 radical (unpaired) electrons. The van der Waals surface area contributed by atoms with Crippen LogP contribution >= 0.6 is 0 Å². The first-order valence-corrected chi connectivity index (χ1v) is 16.8. The number of esters is 1. The summed E-state index contributed by atoms with van der Waals surface area (Å²) in [5.74, 6) is -0.525. The maximum Gasteiger partial charge on any atom is 0.339 e. The normalized spacial score (nSPS) is 19.3. The van der Waals surface area contributed by atoms with Crippen molar-refractivity contribution in [1.29, 1.82) is 0 Å². The molecule has 0 saturated heterocycles. The van der Waals surface area contributed by atoms with Crippen molar-refractivity contribution in [3.8, 4) is 0 Å². The maximum atomic E-state index is 14.7. The number of carbonyl (C=O) groups excluding carboxylic acids is 1. The molecule has 7 rings (SSSR count). The van der Waals surface area contributed by atoms with Gasteiger partial charge in [0.05, 0.1) is 16.5 Å². The van der Waals surface area contributed by atoms with Gasteiger partial charge < -0.3 is 4.74 Å². The van der Waals surface area contributed by atoms with Crippen LogP contribution in [0.5, 0.6) is 0 Å². The predicted octanol–water partition coefficient (Wildman–Crippen LogP) is 7.73. The lowest BCUT2D eigenvalue weighted by molar-refractivity contribution is -0.0304. The summed E-state index contributed by atoms with van der Waals surface area (Å²) in [5, 5.41) is 0. The smallest absolute Gasteiger partial charge is 0.339 e. The van der Waals surface area contributed by atoms with Crippen LogP contribution in [0.4, 0.5) is 0 Å². The number of ether oxygens (including phenoxy) is 1. The van der Waals surface area contributed by atoms with Crippen LogP contribution in [0, 0.1) is 6.92 Å². The molecule has 2 aliphatic rings. The fourth-order valence-electron chi connectivity index (χ4n) is 6.74. The van der Waals surface area contributed by atoms with Gasteiger partial charge in [-0.1, -0.05) is 133 Å². The van der Waals surface area contributed by atoms with Crippen LogP contribution in [0.3, 0.4) is 0 Å². The highest BCUT2D eigenvalue weighted by molar-refractivity contribution is 7.89. The Hall–Kier alpha value is -5.04. The number of carbonyl (C=O) groups is 1. The Balaban J connectivity index is 1.54. The molecule has 0 aromatic heterocycles. The topological polar surface area (TPSA) is 63.7 Å². The molecule has 1 heterocycles. The lowest BCUT2D eigenvalue weighted by Crippen LogP contribution is -2.55. The summed E-state index contributed by atoms with van der Waals surface area (Å²) in [6.45, 7) is 2.03. The third-order valence-corrected chi connectivity index (χ3v) is 10.8. The summed E-state index contributed by atoms with van der Waals surface area (Å²) in [6.07, 6.45) is 4.14. The van der Waals surface area contributed by atoms with Crippen molar-refractivity contribution >= 4 is 21.6 Å². The van der Waals surface area contributed by atoms with Crippen LogP contribution in [-0.2, 0) is 26.8 Å². The molecule has 0 fully saturated rings. The van der Waals surface area contributed by atoms with E-state index in [1.54, 1.807) is 36.4 Å². The van der Waals surface area contributed by atoms with Crippen LogP contribution in [0.2, 0.25) is 0 Å². The maximum absolute atomic E-state index is 14.7. The highest BCUT2D eigenvalue weighted by Crippen LogP contribution is 2.55. The first kappa shape index (κ1) is 29.7. The van der Waals surface area contributed by atoms with Gasteiger partial charge >= 0.3 is 5.97 Å². The van der Waals surface area contributed by atoms with Gasteiger partial charge in [-0.15, -0.1) is 0 Å². The summed E-state index contributed by atoms with van der Waals surface area (Å²) in [5.41, 5.74) is 5.10. The number of nitrogens with zero attached hydrogens (tertiary/aromatic N) is 1. The number of hydrogen-bond acceptors (Lipinski definition) is 4. The Morgan fingerprint density at radius 3 is 2.09 bits per heavy atom. The average Bonchev–Trinajstić information content (AvgIpc) is 3.26. The molecule has 0 saturated carbocycles. The molecule has 2 atom stereocenters. The SMILES string of the molecule is Cc1ccc(S(=O)(=O)N2CC=CC3=C(c4ccccc4)c4ccccc4[C@@]3(OC(=O)c3ccccc3)[C@@H]2Cc2ccccc2)cc1. The van der Waals surface area contributed by atoms with Crippen LogP contribution in [0.15, 0.2) is 162 Å². The molecule has 5 nitrogen and oxygen atoms in total. The first-order chi connectivity index (χ1) is 22.4. The Labute approximate surface area is 270 Å². The molecule has 46 heavy (non-hydrogen) atoms. The second-order valence-corrected chi connectivity index (χ2v) is 13.6. The molecule has 0 bridgehead atoms. The number of rotatable bonds is 7. The van der Waals surface area contributed by atoms with E-state index in [1.165, 1.54) is 4.31 Å². The van der Waals surface area contributed by atoms with Gasteiger partial charge in [0.15, 0.2) is 5.60 Å². The molecule has 1 aliphatic heterocycles. The molecule has 6 heteroatoms. The Bertz CT molecular complexity index is 2050. The Morgan fingerprint density at radius 1 is 0.783 bits per heavy atom. The molecule has 1 aliphatic carbocycles. The predicted molar refractivity (Wildman–Crippen MR) is 181 cm³/mol. The standard InChI is InChI=1S/C40H33NO4S/c1-29-23-25-33(26-24-29)46(43,44)41-27-13-22-36-38(31-16-7-3-8-17-31)34-20-11-12-21-35(34)40(36,37(41)28-30-14-5-2-6-15-30)45-39(42)32-18-9-4-10-19-32/h2-26,37H,27-28H2,1H3/t37-,40-/m0/s1. The van der Waals surface area contributed by atoms with Crippen molar-refractivity contribution in [3.63, 3.8) is 0 Å². The Kier molecular flexibility index (Phi) is 7.77. The van der Waals surface area contributed by atoms with Crippen molar-refractivity contribution in [2.45, 2.75) is 29.9 Å². The van der Waals surface area contributed by atoms with E-state index in [4.69, 9.17) is 4.74 Å². The monoisotopic (exact) mass is 623 g/mol. The zero-order chi connectivity index (χ0) is 31.7. The zero-order valence-corrected chi connectivity index (χ0v) is 26.2. The highest BCUT2D eigenvalue weighted by atomic mass is 32.2. The van der Waals surface area contributed by atoms with Crippen LogP contribution in [0.1, 0.15) is 38.2 Å². The summed E-state index contributed by atoms with van der Waals surface area (Å²) < 4.78 is 37.9. The van der Waals surface area contributed by atoms with Crippen molar-refractivity contribution in [2.24, 2.45) is 0 Å². The van der Waals surface area contributed by atoms with E-state index in [2.05, 4.69) is 0 Å². The van der Waals surface area contributed by atoms with Crippen molar-refractivity contribution in [1.82, 2.24) is 4.31 Å². The molecule has 228 valence electrons. The lowest BCUT2D eigenvalue weighted by Gasteiger charge is -2.43. The number of hydrogen-bond donors (Lipinski definition) is 0. The molecule has 0 unspecified atom stereocenters. The van der Waals surface area contributed by atoms with E-state index in [0.29, 0.717) is 12.0 Å². The molecule has 5 aromatic carbocycles. The van der Waals surface area contributed by atoms with Gasteiger partial charge in [-0.3, -0.25) is 0 Å². The summed E-state index contributed by atoms with van der Waals surface area (Å²) in [4.78, 5) is 14.4. The van der Waals surface area contributed by atoms with Gasteiger partial charge in [-0.2, -0.15) is 4.31 Å². The minimum atomic E-state index is -4.07. The van der Waals surface area contributed by atoms with Crippen molar-refractivity contribution in [2.75, 3.05) is 6.54 Å². The van der Waals surface area contributed by atoms with E-state index in [9.17, 15) is 13.2 Å². The van der Waals surface area contributed by atoms with Gasteiger partial charge in [0.1, 0.15) is 0 Å². The van der Waals surface area contributed by atoms with Gasteiger partial charge in [0.25, 0.3) is 0 Å². The van der Waals surface area contributed by atoms with Crippen LogP contribution in [0.25, 0.3) is 5.57 Å². The summed E-state index contributed by atoms with van der Waals surface area (Å²) in [6, 6.07) is 42.7.